The Morgan fingerprint density at radius 1 is 0.593 bits per heavy atom. The summed E-state index contributed by atoms with van der Waals surface area (Å²) >= 11 is 0. The predicted molar refractivity (Wildman–Crippen MR) is 116 cm³/mol. The summed E-state index contributed by atoms with van der Waals surface area (Å²) in [6, 6.07) is 20.6. The molecule has 2 aromatic carbocycles. The summed E-state index contributed by atoms with van der Waals surface area (Å²) in [5, 5.41) is 0. The lowest BCUT2D eigenvalue weighted by molar-refractivity contribution is 0.736. The second kappa shape index (κ2) is 7.16. The molecule has 0 saturated heterocycles. The molecule has 2 heterocycles. The molecular formula is C25H22N2. The van der Waals surface area contributed by atoms with Gasteiger partial charge in [-0.25, -0.2) is 0 Å². The van der Waals surface area contributed by atoms with Crippen LogP contribution in [0.5, 0.6) is 0 Å². The Morgan fingerprint density at radius 2 is 1.00 bits per heavy atom. The number of allylic oxidation sites excluding steroid dienone is 4. The standard InChI is InChI=1S/C25H22N2/c1-25(2,23-15-13-21(26-23)17-19-9-5-3-6-10-19)24-16-14-22(27-24)18-20-11-7-4-8-12-20/h3-18H,1-2H3/b21-17+,22-18+. The van der Waals surface area contributed by atoms with Crippen LogP contribution in [0.15, 0.2) is 106 Å². The van der Waals surface area contributed by atoms with Crippen molar-refractivity contribution >= 4 is 23.6 Å². The average molecular weight is 350 g/mol. The van der Waals surface area contributed by atoms with Crippen molar-refractivity contribution < 1.29 is 0 Å². The zero-order valence-electron chi connectivity index (χ0n) is 15.6. The third-order valence-electron chi connectivity index (χ3n) is 4.83. The Labute approximate surface area is 160 Å². The molecule has 4 rings (SSSR count). The molecule has 0 aliphatic carbocycles. The van der Waals surface area contributed by atoms with Crippen LogP contribution >= 0.6 is 0 Å². The fourth-order valence-corrected chi connectivity index (χ4v) is 3.18. The van der Waals surface area contributed by atoms with E-state index >= 15 is 0 Å². The van der Waals surface area contributed by atoms with Gasteiger partial charge in [-0.05, 0) is 61.4 Å². The molecule has 2 aromatic rings. The van der Waals surface area contributed by atoms with Gasteiger partial charge in [-0.15, -0.1) is 0 Å². The summed E-state index contributed by atoms with van der Waals surface area (Å²) < 4.78 is 0. The highest BCUT2D eigenvalue weighted by molar-refractivity contribution is 6.21. The summed E-state index contributed by atoms with van der Waals surface area (Å²) in [5.74, 6) is 0. The van der Waals surface area contributed by atoms with Crippen LogP contribution in [0.4, 0.5) is 0 Å². The Balaban J connectivity index is 1.57. The molecule has 2 aliphatic rings. The van der Waals surface area contributed by atoms with E-state index in [-0.39, 0.29) is 5.41 Å². The molecule has 0 N–H and O–H groups in total. The van der Waals surface area contributed by atoms with Gasteiger partial charge in [0.2, 0.25) is 0 Å². The molecule has 132 valence electrons. The first-order valence-corrected chi connectivity index (χ1v) is 9.19. The maximum Gasteiger partial charge on any atom is 0.0639 e. The van der Waals surface area contributed by atoms with Gasteiger partial charge in [-0.2, -0.15) is 0 Å². The van der Waals surface area contributed by atoms with E-state index in [0.29, 0.717) is 0 Å². The van der Waals surface area contributed by atoms with E-state index in [1.165, 1.54) is 0 Å². The van der Waals surface area contributed by atoms with E-state index < -0.39 is 0 Å². The van der Waals surface area contributed by atoms with E-state index in [2.05, 4.69) is 74.6 Å². The maximum atomic E-state index is 4.84. The first-order chi connectivity index (χ1) is 13.1. The van der Waals surface area contributed by atoms with Crippen molar-refractivity contribution in [3.8, 4) is 0 Å². The Morgan fingerprint density at radius 3 is 1.41 bits per heavy atom. The molecule has 2 heteroatoms. The molecule has 0 spiro atoms. The summed E-state index contributed by atoms with van der Waals surface area (Å²) in [5.41, 5.74) is 6.10. The smallest absolute Gasteiger partial charge is 0.0639 e. The molecular weight excluding hydrogens is 328 g/mol. The molecule has 0 amide bonds. The van der Waals surface area contributed by atoms with Crippen molar-refractivity contribution in [1.29, 1.82) is 0 Å². The minimum absolute atomic E-state index is 0.244. The van der Waals surface area contributed by atoms with Crippen LogP contribution in [0.25, 0.3) is 12.2 Å². The summed E-state index contributed by atoms with van der Waals surface area (Å²) in [6.07, 6.45) is 12.6. The zero-order chi connectivity index (χ0) is 18.7. The fourth-order valence-electron chi connectivity index (χ4n) is 3.18. The van der Waals surface area contributed by atoms with E-state index in [0.717, 1.165) is 33.9 Å². The van der Waals surface area contributed by atoms with Crippen molar-refractivity contribution in [1.82, 2.24) is 0 Å². The third kappa shape index (κ3) is 3.80. The zero-order valence-corrected chi connectivity index (χ0v) is 15.6. The van der Waals surface area contributed by atoms with Crippen LogP contribution in [0.1, 0.15) is 25.0 Å². The van der Waals surface area contributed by atoms with E-state index in [9.17, 15) is 0 Å². The molecule has 0 fully saturated rings. The Hall–Kier alpha value is -3.26. The number of nitrogens with zero attached hydrogens (tertiary/aromatic N) is 2. The molecule has 0 atom stereocenters. The van der Waals surface area contributed by atoms with Crippen molar-refractivity contribution in [2.24, 2.45) is 15.4 Å². The second-order valence-electron chi connectivity index (χ2n) is 7.25. The third-order valence-corrected chi connectivity index (χ3v) is 4.83. The van der Waals surface area contributed by atoms with Crippen molar-refractivity contribution in [3.05, 3.63) is 107 Å². The molecule has 0 aromatic heterocycles. The van der Waals surface area contributed by atoms with E-state index in [1.54, 1.807) is 0 Å². The topological polar surface area (TPSA) is 24.7 Å². The van der Waals surface area contributed by atoms with Crippen LogP contribution < -0.4 is 0 Å². The van der Waals surface area contributed by atoms with Gasteiger partial charge in [0.1, 0.15) is 0 Å². The van der Waals surface area contributed by atoms with E-state index in [4.69, 9.17) is 9.98 Å². The fraction of sp³-hybridized carbons (Fsp3) is 0.120. The molecule has 0 saturated carbocycles. The van der Waals surface area contributed by atoms with Gasteiger partial charge in [-0.3, -0.25) is 9.98 Å². The summed E-state index contributed by atoms with van der Waals surface area (Å²) in [4.78, 5) is 9.68. The first kappa shape index (κ1) is 17.2. The SMILES string of the molecule is CC(C)(C1=N/C(=C/c2ccccc2)C=C1)C1=N/C(=C/c2ccccc2)C=C1. The summed E-state index contributed by atoms with van der Waals surface area (Å²) in [7, 11) is 0. The van der Waals surface area contributed by atoms with Gasteiger partial charge in [0.05, 0.1) is 22.8 Å². The highest BCUT2D eigenvalue weighted by Crippen LogP contribution is 2.31. The first-order valence-electron chi connectivity index (χ1n) is 9.19. The van der Waals surface area contributed by atoms with Gasteiger partial charge in [0, 0.05) is 5.41 Å². The number of hydrogen-bond donors (Lipinski definition) is 0. The molecule has 0 unspecified atom stereocenters. The number of aliphatic imine (C=N–C) groups is 2. The normalized spacial score (nSPS) is 19.0. The van der Waals surface area contributed by atoms with Crippen LogP contribution in [0.2, 0.25) is 0 Å². The summed E-state index contributed by atoms with van der Waals surface area (Å²) in [6.45, 7) is 4.35. The monoisotopic (exact) mass is 350 g/mol. The van der Waals surface area contributed by atoms with Crippen molar-refractivity contribution in [3.63, 3.8) is 0 Å². The minimum Gasteiger partial charge on any atom is -0.252 e. The van der Waals surface area contributed by atoms with Gasteiger partial charge >= 0.3 is 0 Å². The largest absolute Gasteiger partial charge is 0.252 e. The number of rotatable bonds is 4. The lowest BCUT2D eigenvalue weighted by atomic mass is 9.82. The molecule has 2 nitrogen and oxygen atoms in total. The van der Waals surface area contributed by atoms with Crippen molar-refractivity contribution in [2.45, 2.75) is 13.8 Å². The quantitative estimate of drug-likeness (QED) is 0.635. The molecule has 0 bridgehead atoms. The predicted octanol–water partition coefficient (Wildman–Crippen LogP) is 6.12. The molecule has 27 heavy (non-hydrogen) atoms. The Bertz CT molecular complexity index is 931. The number of benzene rings is 2. The van der Waals surface area contributed by atoms with Gasteiger partial charge in [0.25, 0.3) is 0 Å². The highest BCUT2D eigenvalue weighted by atomic mass is 14.8. The average Bonchev–Trinajstić information content (AvgIpc) is 3.34. The maximum absolute atomic E-state index is 4.84. The van der Waals surface area contributed by atoms with Crippen LogP contribution in [-0.4, -0.2) is 11.4 Å². The molecule has 0 radical (unpaired) electrons. The van der Waals surface area contributed by atoms with Gasteiger partial charge < -0.3 is 0 Å². The second-order valence-corrected chi connectivity index (χ2v) is 7.25. The van der Waals surface area contributed by atoms with Gasteiger partial charge in [-0.1, -0.05) is 60.7 Å². The number of hydrogen-bond acceptors (Lipinski definition) is 2. The molecule has 2 aliphatic heterocycles. The van der Waals surface area contributed by atoms with E-state index in [1.807, 2.05) is 36.4 Å². The Kier molecular flexibility index (Phi) is 4.55. The van der Waals surface area contributed by atoms with Crippen LogP contribution in [-0.2, 0) is 0 Å². The van der Waals surface area contributed by atoms with Crippen molar-refractivity contribution in [2.75, 3.05) is 0 Å². The highest BCUT2D eigenvalue weighted by Gasteiger charge is 2.31. The van der Waals surface area contributed by atoms with Crippen LogP contribution in [0, 0.1) is 5.41 Å². The lowest BCUT2D eigenvalue weighted by Gasteiger charge is -2.22. The lowest BCUT2D eigenvalue weighted by Crippen LogP contribution is -2.30. The van der Waals surface area contributed by atoms with Gasteiger partial charge in [0.15, 0.2) is 0 Å². The van der Waals surface area contributed by atoms with Crippen LogP contribution in [0.3, 0.4) is 0 Å². The minimum atomic E-state index is -0.244.